The van der Waals surface area contributed by atoms with Crippen molar-refractivity contribution in [2.24, 2.45) is 12.5 Å². The lowest BCUT2D eigenvalue weighted by molar-refractivity contribution is -0.141. The van der Waals surface area contributed by atoms with Gasteiger partial charge in [0.15, 0.2) is 0 Å². The van der Waals surface area contributed by atoms with Crippen molar-refractivity contribution in [3.8, 4) is 5.75 Å². The van der Waals surface area contributed by atoms with Gasteiger partial charge in [0.2, 0.25) is 11.8 Å². The number of benzene rings is 2. The standard InChI is InChI=1S/C30H37ClN4O3/c1-23-25(19-32-34(23)3)13-14-28(36)35-16-8-15-30(21-35,22-38-27-12-7-11-26(31)17-27)18-29(37)33(2)20-24-9-5-4-6-10-24/h4-7,9-12,17,19H,8,13-16,18,20-22H2,1-3H3/t30-/m1/s1. The number of likely N-dealkylation sites (tertiary alicyclic amines) is 1. The number of ether oxygens (including phenoxy) is 1. The lowest BCUT2D eigenvalue weighted by Crippen LogP contribution is -2.50. The summed E-state index contributed by atoms with van der Waals surface area (Å²) < 4.78 is 8.03. The molecule has 0 saturated carbocycles. The summed E-state index contributed by atoms with van der Waals surface area (Å²) in [7, 11) is 3.74. The van der Waals surface area contributed by atoms with Crippen LogP contribution in [-0.2, 0) is 29.6 Å². The second-order valence-electron chi connectivity index (χ2n) is 10.5. The van der Waals surface area contributed by atoms with Crippen LogP contribution in [0.15, 0.2) is 60.8 Å². The normalized spacial score (nSPS) is 17.3. The average molecular weight is 537 g/mol. The highest BCUT2D eigenvalue weighted by Crippen LogP contribution is 2.36. The monoisotopic (exact) mass is 536 g/mol. The van der Waals surface area contributed by atoms with E-state index in [-0.39, 0.29) is 11.8 Å². The first kappa shape index (κ1) is 27.7. The molecule has 4 rings (SSSR count). The molecule has 0 bridgehead atoms. The van der Waals surface area contributed by atoms with E-state index in [2.05, 4.69) is 5.10 Å². The highest BCUT2D eigenvalue weighted by Gasteiger charge is 2.40. The third kappa shape index (κ3) is 7.16. The Morgan fingerprint density at radius 1 is 1.16 bits per heavy atom. The Morgan fingerprint density at radius 3 is 2.66 bits per heavy atom. The maximum absolute atomic E-state index is 13.4. The van der Waals surface area contributed by atoms with Gasteiger partial charge in [-0.3, -0.25) is 14.3 Å². The van der Waals surface area contributed by atoms with Gasteiger partial charge in [-0.05, 0) is 55.5 Å². The molecule has 1 saturated heterocycles. The molecule has 1 aliphatic rings. The molecular weight excluding hydrogens is 500 g/mol. The van der Waals surface area contributed by atoms with E-state index in [1.807, 2.05) is 79.3 Å². The Balaban J connectivity index is 1.46. The molecule has 1 aliphatic heterocycles. The molecule has 0 unspecified atom stereocenters. The highest BCUT2D eigenvalue weighted by molar-refractivity contribution is 6.30. The summed E-state index contributed by atoms with van der Waals surface area (Å²) in [5, 5.41) is 4.89. The molecule has 1 atom stereocenters. The molecule has 1 fully saturated rings. The molecule has 2 heterocycles. The third-order valence-corrected chi connectivity index (χ3v) is 7.75. The minimum absolute atomic E-state index is 0.0452. The number of aryl methyl sites for hydroxylation is 2. The predicted octanol–water partition coefficient (Wildman–Crippen LogP) is 5.05. The van der Waals surface area contributed by atoms with Crippen molar-refractivity contribution in [3.05, 3.63) is 82.6 Å². The first-order valence-electron chi connectivity index (χ1n) is 13.2. The van der Waals surface area contributed by atoms with Gasteiger partial charge in [-0.2, -0.15) is 5.10 Å². The molecule has 202 valence electrons. The van der Waals surface area contributed by atoms with E-state index in [1.165, 1.54) is 0 Å². The van der Waals surface area contributed by atoms with Crippen LogP contribution in [0.4, 0.5) is 0 Å². The Bertz CT molecular complexity index is 1250. The predicted molar refractivity (Wildman–Crippen MR) is 149 cm³/mol. The Hall–Kier alpha value is -3.32. The molecule has 2 aromatic carbocycles. The molecule has 0 radical (unpaired) electrons. The Labute approximate surface area is 230 Å². The molecule has 7 nitrogen and oxygen atoms in total. The molecule has 0 N–H and O–H groups in total. The van der Waals surface area contributed by atoms with Crippen LogP contribution in [0, 0.1) is 12.3 Å². The van der Waals surface area contributed by atoms with Gasteiger partial charge in [0.25, 0.3) is 0 Å². The van der Waals surface area contributed by atoms with Crippen LogP contribution in [-0.4, -0.2) is 58.1 Å². The van der Waals surface area contributed by atoms with Crippen LogP contribution in [0.5, 0.6) is 5.75 Å². The lowest BCUT2D eigenvalue weighted by atomic mass is 9.77. The van der Waals surface area contributed by atoms with E-state index in [4.69, 9.17) is 16.3 Å². The molecule has 2 amide bonds. The zero-order chi connectivity index (χ0) is 27.1. The number of halogens is 1. The fraction of sp³-hybridized carbons (Fsp3) is 0.433. The van der Waals surface area contributed by atoms with Crippen LogP contribution in [0.1, 0.15) is 42.5 Å². The Morgan fingerprint density at radius 2 is 1.95 bits per heavy atom. The van der Waals surface area contributed by atoms with E-state index in [0.29, 0.717) is 56.3 Å². The molecule has 1 aromatic heterocycles. The zero-order valence-corrected chi connectivity index (χ0v) is 23.3. The second kappa shape index (κ2) is 12.5. The molecule has 0 spiro atoms. The first-order chi connectivity index (χ1) is 18.2. The van der Waals surface area contributed by atoms with Gasteiger partial charge in [-0.1, -0.05) is 48.0 Å². The fourth-order valence-electron chi connectivity index (χ4n) is 5.12. The van der Waals surface area contributed by atoms with Crippen molar-refractivity contribution >= 4 is 23.4 Å². The SMILES string of the molecule is Cc1c(CCC(=O)N2CCC[C@@](COc3cccc(Cl)c3)(CC(=O)N(C)Cc3ccccc3)C2)cnn1C. The number of carbonyl (C=O) groups is 2. The second-order valence-corrected chi connectivity index (χ2v) is 10.9. The van der Waals surface area contributed by atoms with Gasteiger partial charge < -0.3 is 14.5 Å². The Kier molecular flexibility index (Phi) is 9.10. The minimum atomic E-state index is -0.484. The molecule has 3 aromatic rings. The maximum atomic E-state index is 13.4. The van der Waals surface area contributed by atoms with E-state index < -0.39 is 5.41 Å². The average Bonchev–Trinajstić information content (AvgIpc) is 3.23. The third-order valence-electron chi connectivity index (χ3n) is 7.51. The van der Waals surface area contributed by atoms with Gasteiger partial charge in [0, 0.05) is 62.7 Å². The summed E-state index contributed by atoms with van der Waals surface area (Å²) in [5.74, 6) is 0.812. The van der Waals surface area contributed by atoms with E-state index in [0.717, 1.165) is 29.7 Å². The summed E-state index contributed by atoms with van der Waals surface area (Å²) in [6.07, 6.45) is 4.85. The summed E-state index contributed by atoms with van der Waals surface area (Å²) in [6.45, 7) is 4.08. The topological polar surface area (TPSA) is 67.7 Å². The number of carbonyl (C=O) groups excluding carboxylic acids is 2. The van der Waals surface area contributed by atoms with Crippen LogP contribution in [0.2, 0.25) is 5.02 Å². The van der Waals surface area contributed by atoms with Gasteiger partial charge in [0.1, 0.15) is 5.75 Å². The molecule has 38 heavy (non-hydrogen) atoms. The lowest BCUT2D eigenvalue weighted by Gasteiger charge is -2.43. The van der Waals surface area contributed by atoms with Crippen molar-refractivity contribution in [1.29, 1.82) is 0 Å². The van der Waals surface area contributed by atoms with Crippen LogP contribution >= 0.6 is 11.6 Å². The van der Waals surface area contributed by atoms with Crippen molar-refractivity contribution in [2.75, 3.05) is 26.7 Å². The van der Waals surface area contributed by atoms with Gasteiger partial charge in [-0.25, -0.2) is 0 Å². The number of amides is 2. The zero-order valence-electron chi connectivity index (χ0n) is 22.5. The summed E-state index contributed by atoms with van der Waals surface area (Å²) in [6, 6.07) is 17.3. The summed E-state index contributed by atoms with van der Waals surface area (Å²) >= 11 is 6.17. The number of hydrogen-bond donors (Lipinski definition) is 0. The molecular formula is C30H37ClN4O3. The number of rotatable bonds is 10. The van der Waals surface area contributed by atoms with Crippen molar-refractivity contribution in [1.82, 2.24) is 19.6 Å². The fourth-order valence-corrected chi connectivity index (χ4v) is 5.30. The smallest absolute Gasteiger partial charge is 0.223 e. The number of piperidine rings is 1. The van der Waals surface area contributed by atoms with Gasteiger partial charge in [-0.15, -0.1) is 0 Å². The van der Waals surface area contributed by atoms with Crippen molar-refractivity contribution in [2.45, 2.75) is 45.6 Å². The van der Waals surface area contributed by atoms with E-state index in [1.54, 1.807) is 17.0 Å². The number of hydrogen-bond acceptors (Lipinski definition) is 4. The van der Waals surface area contributed by atoms with Gasteiger partial charge >= 0.3 is 0 Å². The van der Waals surface area contributed by atoms with E-state index in [9.17, 15) is 9.59 Å². The summed E-state index contributed by atoms with van der Waals surface area (Å²) in [4.78, 5) is 30.4. The first-order valence-corrected chi connectivity index (χ1v) is 13.5. The van der Waals surface area contributed by atoms with Crippen LogP contribution in [0.3, 0.4) is 0 Å². The number of nitrogens with zero attached hydrogens (tertiary/aromatic N) is 4. The van der Waals surface area contributed by atoms with Crippen molar-refractivity contribution < 1.29 is 14.3 Å². The maximum Gasteiger partial charge on any atom is 0.223 e. The van der Waals surface area contributed by atoms with Crippen LogP contribution in [0.25, 0.3) is 0 Å². The van der Waals surface area contributed by atoms with Crippen molar-refractivity contribution in [3.63, 3.8) is 0 Å². The highest BCUT2D eigenvalue weighted by atomic mass is 35.5. The number of aromatic nitrogens is 2. The summed E-state index contributed by atoms with van der Waals surface area (Å²) in [5.41, 5.74) is 2.76. The minimum Gasteiger partial charge on any atom is -0.493 e. The quantitative estimate of drug-likeness (QED) is 0.363. The largest absolute Gasteiger partial charge is 0.493 e. The van der Waals surface area contributed by atoms with Crippen LogP contribution < -0.4 is 4.74 Å². The molecule has 0 aliphatic carbocycles. The van der Waals surface area contributed by atoms with Gasteiger partial charge in [0.05, 0.1) is 12.8 Å². The molecule has 8 heteroatoms. The van der Waals surface area contributed by atoms with E-state index >= 15 is 0 Å².